The van der Waals surface area contributed by atoms with Gasteiger partial charge in [0.1, 0.15) is 23.6 Å². The number of aromatic nitrogens is 1. The van der Waals surface area contributed by atoms with Crippen LogP contribution < -0.4 is 14.9 Å². The van der Waals surface area contributed by atoms with Crippen molar-refractivity contribution in [1.82, 2.24) is 10.4 Å². The molecule has 178 valence electrons. The molecule has 4 rings (SSSR count). The van der Waals surface area contributed by atoms with Crippen molar-refractivity contribution in [2.45, 2.75) is 26.6 Å². The highest BCUT2D eigenvalue weighted by Gasteiger charge is 2.09. The summed E-state index contributed by atoms with van der Waals surface area (Å²) in [6.45, 7) is -0.664. The number of alkyl halides is 2. The van der Waals surface area contributed by atoms with Crippen LogP contribution in [0.5, 0.6) is 11.5 Å². The summed E-state index contributed by atoms with van der Waals surface area (Å²) >= 11 is 0. The minimum atomic E-state index is -2.88. The number of carbonyl (C=O) groups is 1. The van der Waals surface area contributed by atoms with Crippen LogP contribution in [0.25, 0.3) is 10.9 Å². The second-order valence-corrected chi connectivity index (χ2v) is 7.57. The SMILES string of the molecule is CC/C(=N/NC(=O)c1ccc(COc2cccc3cccnc23)cc1)c1ccc(OC(F)F)cc1. The van der Waals surface area contributed by atoms with Gasteiger partial charge in [-0.05, 0) is 66.1 Å². The quantitative estimate of drug-likeness (QED) is 0.240. The van der Waals surface area contributed by atoms with E-state index in [1.54, 1.807) is 30.5 Å². The molecule has 0 aliphatic rings. The predicted molar refractivity (Wildman–Crippen MR) is 130 cm³/mol. The highest BCUT2D eigenvalue weighted by molar-refractivity contribution is 6.02. The molecule has 1 N–H and O–H groups in total. The van der Waals surface area contributed by atoms with Gasteiger partial charge < -0.3 is 9.47 Å². The third-order valence-electron chi connectivity index (χ3n) is 5.25. The zero-order chi connectivity index (χ0) is 24.6. The Morgan fingerprint density at radius 2 is 1.69 bits per heavy atom. The third-order valence-corrected chi connectivity index (χ3v) is 5.25. The van der Waals surface area contributed by atoms with E-state index in [0.29, 0.717) is 35.6 Å². The average Bonchev–Trinajstić information content (AvgIpc) is 2.88. The second kappa shape index (κ2) is 11.2. The smallest absolute Gasteiger partial charge is 0.387 e. The van der Waals surface area contributed by atoms with E-state index in [1.165, 1.54) is 12.1 Å². The standard InChI is InChI=1S/C27H23F2N3O3/c1-2-23(19-12-14-22(15-13-19)35-27(28)29)31-32-26(33)21-10-8-18(9-11-21)17-34-24-7-3-5-20-6-4-16-30-25(20)24/h3-16,27H,2,17H2,1H3,(H,32,33)/b31-23-. The Morgan fingerprint density at radius 1 is 0.971 bits per heavy atom. The van der Waals surface area contributed by atoms with E-state index in [2.05, 4.69) is 20.2 Å². The van der Waals surface area contributed by atoms with Crippen LogP contribution in [0.3, 0.4) is 0 Å². The van der Waals surface area contributed by atoms with Gasteiger partial charge in [-0.1, -0.05) is 37.3 Å². The summed E-state index contributed by atoms with van der Waals surface area (Å²) < 4.78 is 34.9. The molecule has 0 fully saturated rings. The number of rotatable bonds is 9. The van der Waals surface area contributed by atoms with Crippen LogP contribution in [0.15, 0.2) is 90.2 Å². The van der Waals surface area contributed by atoms with Crippen LogP contribution in [-0.2, 0) is 6.61 Å². The van der Waals surface area contributed by atoms with E-state index < -0.39 is 6.61 Å². The minimum absolute atomic E-state index is 0.0593. The van der Waals surface area contributed by atoms with Gasteiger partial charge in [-0.25, -0.2) is 5.43 Å². The topological polar surface area (TPSA) is 72.8 Å². The van der Waals surface area contributed by atoms with Crippen molar-refractivity contribution in [1.29, 1.82) is 0 Å². The monoisotopic (exact) mass is 475 g/mol. The number of hydrazone groups is 1. The summed E-state index contributed by atoms with van der Waals surface area (Å²) in [4.78, 5) is 16.9. The van der Waals surface area contributed by atoms with E-state index in [9.17, 15) is 13.6 Å². The largest absolute Gasteiger partial charge is 0.487 e. The van der Waals surface area contributed by atoms with Crippen molar-refractivity contribution >= 4 is 22.5 Å². The van der Waals surface area contributed by atoms with Gasteiger partial charge in [0.25, 0.3) is 5.91 Å². The van der Waals surface area contributed by atoms with Gasteiger partial charge in [-0.2, -0.15) is 13.9 Å². The number of hydrogen-bond donors (Lipinski definition) is 1. The molecule has 6 nitrogen and oxygen atoms in total. The Morgan fingerprint density at radius 3 is 2.40 bits per heavy atom. The maximum absolute atomic E-state index is 12.5. The first-order valence-corrected chi connectivity index (χ1v) is 11.0. The molecule has 0 radical (unpaired) electrons. The number of ether oxygens (including phenoxy) is 2. The Balaban J connectivity index is 1.37. The first kappa shape index (κ1) is 23.8. The summed E-state index contributed by atoms with van der Waals surface area (Å²) in [5.41, 5.74) is 6.00. The number of nitrogens with zero attached hydrogens (tertiary/aromatic N) is 2. The van der Waals surface area contributed by atoms with Crippen molar-refractivity contribution in [3.63, 3.8) is 0 Å². The summed E-state index contributed by atoms with van der Waals surface area (Å²) in [5, 5.41) is 5.20. The van der Waals surface area contributed by atoms with Crippen molar-refractivity contribution in [2.75, 3.05) is 0 Å². The molecule has 3 aromatic carbocycles. The molecular weight excluding hydrogens is 452 g/mol. The van der Waals surface area contributed by atoms with E-state index in [0.717, 1.165) is 16.5 Å². The lowest BCUT2D eigenvalue weighted by Crippen LogP contribution is -2.20. The number of hydrogen-bond acceptors (Lipinski definition) is 5. The van der Waals surface area contributed by atoms with Crippen molar-refractivity contribution in [3.8, 4) is 11.5 Å². The molecule has 0 saturated carbocycles. The van der Waals surface area contributed by atoms with Gasteiger partial charge >= 0.3 is 6.61 Å². The van der Waals surface area contributed by atoms with Crippen LogP contribution in [0, 0.1) is 0 Å². The van der Waals surface area contributed by atoms with Gasteiger partial charge in [-0.15, -0.1) is 0 Å². The maximum Gasteiger partial charge on any atom is 0.387 e. The summed E-state index contributed by atoms with van der Waals surface area (Å²) in [6, 6.07) is 22.8. The number of amides is 1. The lowest BCUT2D eigenvalue weighted by Gasteiger charge is -2.09. The lowest BCUT2D eigenvalue weighted by molar-refractivity contribution is -0.0498. The van der Waals surface area contributed by atoms with Crippen molar-refractivity contribution in [3.05, 3.63) is 102 Å². The molecule has 0 spiro atoms. The molecule has 0 saturated heterocycles. The molecule has 1 aromatic heterocycles. The Labute approximate surface area is 201 Å². The summed E-state index contributed by atoms with van der Waals surface area (Å²) in [6.07, 6.45) is 2.26. The predicted octanol–water partition coefficient (Wildman–Crippen LogP) is 5.96. The van der Waals surface area contributed by atoms with Crippen LogP contribution in [0.2, 0.25) is 0 Å². The number of fused-ring (bicyclic) bond motifs is 1. The highest BCUT2D eigenvalue weighted by Crippen LogP contribution is 2.24. The number of benzene rings is 3. The normalized spacial score (nSPS) is 11.5. The van der Waals surface area contributed by atoms with E-state index >= 15 is 0 Å². The first-order valence-electron chi connectivity index (χ1n) is 11.0. The fraction of sp³-hybridized carbons (Fsp3) is 0.148. The molecule has 0 aliphatic carbocycles. The molecule has 4 aromatic rings. The van der Waals surface area contributed by atoms with Gasteiger partial charge in [0, 0.05) is 17.1 Å². The number of carbonyl (C=O) groups excluding carboxylic acids is 1. The molecule has 1 heterocycles. The fourth-order valence-electron chi connectivity index (χ4n) is 3.47. The van der Waals surface area contributed by atoms with E-state index in [4.69, 9.17) is 4.74 Å². The van der Waals surface area contributed by atoms with Crippen LogP contribution in [-0.4, -0.2) is 23.2 Å². The second-order valence-electron chi connectivity index (χ2n) is 7.57. The lowest BCUT2D eigenvalue weighted by atomic mass is 10.1. The Hall–Kier alpha value is -4.33. The van der Waals surface area contributed by atoms with Crippen LogP contribution in [0.1, 0.15) is 34.8 Å². The summed E-state index contributed by atoms with van der Waals surface area (Å²) in [5.74, 6) is 0.392. The van der Waals surface area contributed by atoms with E-state index in [-0.39, 0.29) is 11.7 Å². The number of nitrogens with one attached hydrogen (secondary N) is 1. The molecule has 0 atom stereocenters. The highest BCUT2D eigenvalue weighted by atomic mass is 19.3. The van der Waals surface area contributed by atoms with Gasteiger partial charge in [-0.3, -0.25) is 9.78 Å². The van der Waals surface area contributed by atoms with Crippen molar-refractivity contribution < 1.29 is 23.0 Å². The van der Waals surface area contributed by atoms with Crippen molar-refractivity contribution in [2.24, 2.45) is 5.10 Å². The van der Waals surface area contributed by atoms with Gasteiger partial charge in [0.05, 0.1) is 5.71 Å². The maximum atomic E-state index is 12.5. The number of para-hydroxylation sites is 1. The molecule has 0 aliphatic heterocycles. The number of pyridine rings is 1. The average molecular weight is 475 g/mol. The van der Waals surface area contributed by atoms with Crippen LogP contribution in [0.4, 0.5) is 8.78 Å². The zero-order valence-corrected chi connectivity index (χ0v) is 18.9. The Bertz CT molecular complexity index is 1320. The third kappa shape index (κ3) is 6.17. The molecule has 0 unspecified atom stereocenters. The zero-order valence-electron chi connectivity index (χ0n) is 18.9. The minimum Gasteiger partial charge on any atom is -0.487 e. The number of halogens is 2. The Kier molecular flexibility index (Phi) is 7.62. The van der Waals surface area contributed by atoms with E-state index in [1.807, 2.05) is 49.4 Å². The molecule has 0 bridgehead atoms. The fourth-order valence-corrected chi connectivity index (χ4v) is 3.47. The van der Waals surface area contributed by atoms with Gasteiger partial charge in [0.2, 0.25) is 0 Å². The molecule has 8 heteroatoms. The van der Waals surface area contributed by atoms with Crippen LogP contribution >= 0.6 is 0 Å². The van der Waals surface area contributed by atoms with Gasteiger partial charge in [0.15, 0.2) is 0 Å². The first-order chi connectivity index (χ1) is 17.0. The molecular formula is C27H23F2N3O3. The molecule has 35 heavy (non-hydrogen) atoms. The summed E-state index contributed by atoms with van der Waals surface area (Å²) in [7, 11) is 0. The molecule has 1 amide bonds.